The maximum atomic E-state index is 11.1. The van der Waals surface area contributed by atoms with Gasteiger partial charge in [0.05, 0.1) is 12.6 Å². The standard InChI is InChI=1S/C12H13ClN8O2S/c1-24(22,23)18-2-3-21-6-17-9-8(19-11(13)20-10(9)21)7-4-15-12(14)16-5-7/h4-6,18H,2-3H2,1H3,(H2,14,15,16). The first-order valence-electron chi connectivity index (χ1n) is 6.74. The zero-order valence-electron chi connectivity index (χ0n) is 12.5. The highest BCUT2D eigenvalue weighted by atomic mass is 35.5. The fourth-order valence-corrected chi connectivity index (χ4v) is 2.72. The van der Waals surface area contributed by atoms with E-state index in [2.05, 4.69) is 29.6 Å². The van der Waals surface area contributed by atoms with Crippen molar-refractivity contribution in [3.63, 3.8) is 0 Å². The van der Waals surface area contributed by atoms with E-state index in [9.17, 15) is 8.42 Å². The summed E-state index contributed by atoms with van der Waals surface area (Å²) in [4.78, 5) is 20.5. The van der Waals surface area contributed by atoms with Crippen molar-refractivity contribution in [3.05, 3.63) is 24.0 Å². The van der Waals surface area contributed by atoms with E-state index >= 15 is 0 Å². The van der Waals surface area contributed by atoms with Crippen LogP contribution in [0.3, 0.4) is 0 Å². The predicted molar refractivity (Wildman–Crippen MR) is 88.6 cm³/mol. The third-order valence-electron chi connectivity index (χ3n) is 3.10. The Balaban J connectivity index is 1.99. The maximum Gasteiger partial charge on any atom is 0.225 e. The second-order valence-corrected chi connectivity index (χ2v) is 7.12. The Labute approximate surface area is 142 Å². The molecule has 0 aliphatic rings. The molecular formula is C12H13ClN8O2S. The van der Waals surface area contributed by atoms with Crippen molar-refractivity contribution in [1.82, 2.24) is 34.2 Å². The van der Waals surface area contributed by atoms with Gasteiger partial charge in [0, 0.05) is 31.0 Å². The van der Waals surface area contributed by atoms with Gasteiger partial charge >= 0.3 is 0 Å². The third kappa shape index (κ3) is 3.58. The zero-order chi connectivity index (χ0) is 17.3. The van der Waals surface area contributed by atoms with Gasteiger partial charge in [0.2, 0.25) is 21.3 Å². The van der Waals surface area contributed by atoms with Crippen LogP contribution in [-0.4, -0.2) is 50.7 Å². The zero-order valence-corrected chi connectivity index (χ0v) is 14.1. The van der Waals surface area contributed by atoms with Crippen LogP contribution in [0.2, 0.25) is 5.28 Å². The molecule has 0 saturated heterocycles. The molecule has 3 N–H and O–H groups in total. The Bertz CT molecular complexity index is 986. The molecular weight excluding hydrogens is 356 g/mol. The maximum absolute atomic E-state index is 11.1. The van der Waals surface area contributed by atoms with Crippen molar-refractivity contribution in [3.8, 4) is 11.3 Å². The Morgan fingerprint density at radius 1 is 1.25 bits per heavy atom. The van der Waals surface area contributed by atoms with Gasteiger partial charge in [-0.2, -0.15) is 4.98 Å². The summed E-state index contributed by atoms with van der Waals surface area (Å²) in [5.41, 5.74) is 7.54. The van der Waals surface area contributed by atoms with Gasteiger partial charge in [-0.1, -0.05) is 0 Å². The summed E-state index contributed by atoms with van der Waals surface area (Å²) in [6.45, 7) is 0.542. The Morgan fingerprint density at radius 3 is 2.62 bits per heavy atom. The molecule has 0 spiro atoms. The molecule has 3 rings (SSSR count). The molecule has 0 amide bonds. The highest BCUT2D eigenvalue weighted by Gasteiger charge is 2.15. The van der Waals surface area contributed by atoms with Crippen LogP contribution < -0.4 is 10.5 Å². The van der Waals surface area contributed by atoms with Crippen LogP contribution in [0.25, 0.3) is 22.4 Å². The molecule has 3 aromatic heterocycles. The quantitative estimate of drug-likeness (QED) is 0.602. The number of hydrogen-bond donors (Lipinski definition) is 2. The number of nitrogens with two attached hydrogens (primary N) is 1. The summed E-state index contributed by atoms with van der Waals surface area (Å²) in [7, 11) is -3.26. The minimum atomic E-state index is -3.26. The fourth-order valence-electron chi connectivity index (χ4n) is 2.09. The summed E-state index contributed by atoms with van der Waals surface area (Å²) in [6.07, 6.45) is 5.67. The van der Waals surface area contributed by atoms with Crippen molar-refractivity contribution in [2.75, 3.05) is 18.5 Å². The SMILES string of the molecule is CS(=O)(=O)NCCn1cnc2c(-c3cnc(N)nc3)nc(Cl)nc21. The lowest BCUT2D eigenvalue weighted by Crippen LogP contribution is -2.25. The monoisotopic (exact) mass is 368 g/mol. The molecule has 0 saturated carbocycles. The summed E-state index contributed by atoms with van der Waals surface area (Å²) in [5.74, 6) is 0.146. The van der Waals surface area contributed by atoms with Gasteiger partial charge in [0.15, 0.2) is 5.65 Å². The lowest BCUT2D eigenvalue weighted by atomic mass is 10.2. The summed E-state index contributed by atoms with van der Waals surface area (Å²) in [6, 6.07) is 0. The number of sulfonamides is 1. The molecule has 0 aromatic carbocycles. The van der Waals surface area contributed by atoms with E-state index in [-0.39, 0.29) is 17.8 Å². The molecule has 0 aliphatic heterocycles. The van der Waals surface area contributed by atoms with Crippen LogP contribution in [0.15, 0.2) is 18.7 Å². The number of fused-ring (bicyclic) bond motifs is 1. The number of anilines is 1. The number of nitrogens with zero attached hydrogens (tertiary/aromatic N) is 6. The van der Waals surface area contributed by atoms with E-state index in [1.807, 2.05) is 0 Å². The van der Waals surface area contributed by atoms with Crippen molar-refractivity contribution in [1.29, 1.82) is 0 Å². The number of halogens is 1. The molecule has 0 atom stereocenters. The summed E-state index contributed by atoms with van der Waals surface area (Å²) in [5, 5.41) is 0.0344. The molecule has 10 nitrogen and oxygen atoms in total. The molecule has 0 bridgehead atoms. The Kier molecular flexibility index (Phi) is 4.30. The number of hydrogen-bond acceptors (Lipinski definition) is 8. The highest BCUT2D eigenvalue weighted by Crippen LogP contribution is 2.25. The molecule has 0 fully saturated rings. The molecule has 126 valence electrons. The van der Waals surface area contributed by atoms with Gasteiger partial charge in [0.1, 0.15) is 11.2 Å². The number of rotatable bonds is 5. The molecule has 3 heterocycles. The van der Waals surface area contributed by atoms with Crippen molar-refractivity contribution >= 4 is 38.7 Å². The first-order valence-corrected chi connectivity index (χ1v) is 9.01. The van der Waals surface area contributed by atoms with E-state index in [1.165, 1.54) is 12.4 Å². The average molecular weight is 369 g/mol. The van der Waals surface area contributed by atoms with E-state index in [0.29, 0.717) is 29.0 Å². The summed E-state index contributed by atoms with van der Waals surface area (Å²) < 4.78 is 26.4. The number of nitrogens with one attached hydrogen (secondary N) is 1. The van der Waals surface area contributed by atoms with E-state index in [0.717, 1.165) is 6.26 Å². The van der Waals surface area contributed by atoms with Crippen LogP contribution in [-0.2, 0) is 16.6 Å². The summed E-state index contributed by atoms with van der Waals surface area (Å²) >= 11 is 6.00. The van der Waals surface area contributed by atoms with E-state index in [4.69, 9.17) is 17.3 Å². The molecule has 0 unspecified atom stereocenters. The van der Waals surface area contributed by atoms with Crippen LogP contribution in [0, 0.1) is 0 Å². The van der Waals surface area contributed by atoms with E-state index in [1.54, 1.807) is 10.9 Å². The van der Waals surface area contributed by atoms with Crippen molar-refractivity contribution < 1.29 is 8.42 Å². The van der Waals surface area contributed by atoms with Crippen LogP contribution in [0.4, 0.5) is 5.95 Å². The Hall–Kier alpha value is -2.37. The van der Waals surface area contributed by atoms with Crippen LogP contribution in [0.1, 0.15) is 0 Å². The van der Waals surface area contributed by atoms with Gasteiger partial charge in [-0.25, -0.2) is 33.1 Å². The van der Waals surface area contributed by atoms with E-state index < -0.39 is 10.0 Å². The number of imidazole rings is 1. The minimum absolute atomic E-state index is 0.0344. The van der Waals surface area contributed by atoms with Crippen LogP contribution >= 0.6 is 11.6 Å². The van der Waals surface area contributed by atoms with Crippen molar-refractivity contribution in [2.24, 2.45) is 0 Å². The third-order valence-corrected chi connectivity index (χ3v) is 4.00. The molecule has 0 radical (unpaired) electrons. The second kappa shape index (κ2) is 6.26. The average Bonchev–Trinajstić information content (AvgIpc) is 2.89. The predicted octanol–water partition coefficient (Wildman–Crippen LogP) is 0.0681. The smallest absolute Gasteiger partial charge is 0.225 e. The first-order chi connectivity index (χ1) is 11.3. The lowest BCUT2D eigenvalue weighted by Gasteiger charge is -2.06. The minimum Gasteiger partial charge on any atom is -0.368 e. The fraction of sp³-hybridized carbons (Fsp3) is 0.250. The molecule has 3 aromatic rings. The van der Waals surface area contributed by atoms with Gasteiger partial charge in [0.25, 0.3) is 0 Å². The Morgan fingerprint density at radius 2 is 1.96 bits per heavy atom. The molecule has 24 heavy (non-hydrogen) atoms. The largest absolute Gasteiger partial charge is 0.368 e. The number of aromatic nitrogens is 6. The first kappa shape index (κ1) is 16.5. The lowest BCUT2D eigenvalue weighted by molar-refractivity contribution is 0.580. The topological polar surface area (TPSA) is 142 Å². The molecule has 0 aliphatic carbocycles. The van der Waals surface area contributed by atoms with Gasteiger partial charge < -0.3 is 10.3 Å². The van der Waals surface area contributed by atoms with Gasteiger partial charge in [-0.05, 0) is 11.6 Å². The molecule has 12 heteroatoms. The van der Waals surface area contributed by atoms with Gasteiger partial charge in [-0.15, -0.1) is 0 Å². The normalized spacial score (nSPS) is 11.9. The van der Waals surface area contributed by atoms with Crippen molar-refractivity contribution in [2.45, 2.75) is 6.54 Å². The second-order valence-electron chi connectivity index (χ2n) is 4.95. The number of nitrogen functional groups attached to an aromatic ring is 1. The highest BCUT2D eigenvalue weighted by molar-refractivity contribution is 7.88. The van der Waals surface area contributed by atoms with Crippen LogP contribution in [0.5, 0.6) is 0 Å². The van der Waals surface area contributed by atoms with Gasteiger partial charge in [-0.3, -0.25) is 0 Å².